The highest BCUT2D eigenvalue weighted by Gasteiger charge is 2.24. The molecule has 7 heteroatoms. The molecule has 2 heterocycles. The van der Waals surface area contributed by atoms with Gasteiger partial charge in [-0.15, -0.1) is 0 Å². The summed E-state index contributed by atoms with van der Waals surface area (Å²) >= 11 is 0. The minimum atomic E-state index is -0.210. The van der Waals surface area contributed by atoms with E-state index in [0.29, 0.717) is 25.7 Å². The second kappa shape index (κ2) is 9.48. The summed E-state index contributed by atoms with van der Waals surface area (Å²) in [7, 11) is 1.79. The van der Waals surface area contributed by atoms with Gasteiger partial charge in [0.15, 0.2) is 5.96 Å². The molecule has 0 spiro atoms. The average molecular weight is 374 g/mol. The lowest BCUT2D eigenvalue weighted by molar-refractivity contribution is 0.0963. The predicted molar refractivity (Wildman–Crippen MR) is 105 cm³/mol. The van der Waals surface area contributed by atoms with Gasteiger partial charge in [0.05, 0.1) is 13.2 Å². The van der Waals surface area contributed by atoms with Crippen LogP contribution in [-0.4, -0.2) is 62.9 Å². The number of hydrogen-bond donors (Lipinski definition) is 2. The SMILES string of the molecule is CCOC(=O)N1CCC(NC(=NC)NCCc2ccc3c(c2)CCO3)CC1. The number of guanidine groups is 1. The van der Waals surface area contributed by atoms with Crippen LogP contribution >= 0.6 is 0 Å². The molecule has 2 aliphatic rings. The van der Waals surface area contributed by atoms with E-state index >= 15 is 0 Å². The van der Waals surface area contributed by atoms with Gasteiger partial charge in [0, 0.05) is 39.1 Å². The summed E-state index contributed by atoms with van der Waals surface area (Å²) in [5.74, 6) is 1.84. The number of aliphatic imine (C=N–C) groups is 1. The van der Waals surface area contributed by atoms with Crippen molar-refractivity contribution in [3.05, 3.63) is 29.3 Å². The molecule has 1 amide bonds. The van der Waals surface area contributed by atoms with Crippen LogP contribution in [0.25, 0.3) is 0 Å². The van der Waals surface area contributed by atoms with Crippen LogP contribution in [0.3, 0.4) is 0 Å². The summed E-state index contributed by atoms with van der Waals surface area (Å²) in [6, 6.07) is 6.76. The fourth-order valence-electron chi connectivity index (χ4n) is 3.53. The first-order valence-electron chi connectivity index (χ1n) is 9.83. The second-order valence-electron chi connectivity index (χ2n) is 6.89. The Balaban J connectivity index is 1.39. The maximum Gasteiger partial charge on any atom is 0.409 e. The third-order valence-corrected chi connectivity index (χ3v) is 5.05. The van der Waals surface area contributed by atoms with Crippen molar-refractivity contribution in [2.45, 2.75) is 38.6 Å². The summed E-state index contributed by atoms with van der Waals surface area (Å²) < 4.78 is 10.6. The number of nitrogens with one attached hydrogen (secondary N) is 2. The van der Waals surface area contributed by atoms with Crippen molar-refractivity contribution in [1.82, 2.24) is 15.5 Å². The molecule has 0 atom stereocenters. The number of likely N-dealkylation sites (tertiary alicyclic amines) is 1. The largest absolute Gasteiger partial charge is 0.493 e. The van der Waals surface area contributed by atoms with Gasteiger partial charge in [0.2, 0.25) is 0 Å². The highest BCUT2D eigenvalue weighted by Crippen LogP contribution is 2.25. The van der Waals surface area contributed by atoms with Crippen molar-refractivity contribution in [3.8, 4) is 5.75 Å². The molecule has 0 unspecified atom stereocenters. The number of carbonyl (C=O) groups is 1. The highest BCUT2D eigenvalue weighted by atomic mass is 16.6. The number of fused-ring (bicyclic) bond motifs is 1. The number of ether oxygens (including phenoxy) is 2. The van der Waals surface area contributed by atoms with Crippen molar-refractivity contribution in [3.63, 3.8) is 0 Å². The Morgan fingerprint density at radius 3 is 2.93 bits per heavy atom. The Morgan fingerprint density at radius 1 is 1.37 bits per heavy atom. The first-order valence-corrected chi connectivity index (χ1v) is 9.83. The maximum absolute atomic E-state index is 11.8. The number of piperidine rings is 1. The Morgan fingerprint density at radius 2 is 2.19 bits per heavy atom. The molecule has 0 aromatic heterocycles. The third kappa shape index (κ3) is 5.28. The average Bonchev–Trinajstić information content (AvgIpc) is 3.15. The molecule has 27 heavy (non-hydrogen) atoms. The minimum absolute atomic E-state index is 0.210. The minimum Gasteiger partial charge on any atom is -0.493 e. The van der Waals surface area contributed by atoms with Gasteiger partial charge >= 0.3 is 6.09 Å². The van der Waals surface area contributed by atoms with Crippen molar-refractivity contribution >= 4 is 12.1 Å². The van der Waals surface area contributed by atoms with Gasteiger partial charge in [-0.1, -0.05) is 12.1 Å². The molecule has 0 saturated carbocycles. The number of amides is 1. The molecular weight excluding hydrogens is 344 g/mol. The molecule has 148 valence electrons. The number of nitrogens with zero attached hydrogens (tertiary/aromatic N) is 2. The van der Waals surface area contributed by atoms with E-state index in [4.69, 9.17) is 9.47 Å². The topological polar surface area (TPSA) is 75.2 Å². The van der Waals surface area contributed by atoms with Crippen LogP contribution in [0.2, 0.25) is 0 Å². The van der Waals surface area contributed by atoms with Gasteiger partial charge < -0.3 is 25.0 Å². The number of rotatable bonds is 5. The lowest BCUT2D eigenvalue weighted by atomic mass is 10.1. The van der Waals surface area contributed by atoms with Crippen LogP contribution < -0.4 is 15.4 Å². The van der Waals surface area contributed by atoms with Crippen molar-refractivity contribution in [2.75, 3.05) is 39.9 Å². The first-order chi connectivity index (χ1) is 13.2. The number of hydrogen-bond acceptors (Lipinski definition) is 4. The molecule has 2 aliphatic heterocycles. The molecular formula is C20H30N4O3. The Bertz CT molecular complexity index is 669. The zero-order valence-corrected chi connectivity index (χ0v) is 16.3. The molecule has 2 N–H and O–H groups in total. The summed E-state index contributed by atoms with van der Waals surface area (Å²) in [6.07, 6.45) is 3.52. The Kier molecular flexibility index (Phi) is 6.79. The summed E-state index contributed by atoms with van der Waals surface area (Å²) in [5, 5.41) is 6.85. The van der Waals surface area contributed by atoms with E-state index < -0.39 is 0 Å². The van der Waals surface area contributed by atoms with Gasteiger partial charge in [0.1, 0.15) is 5.75 Å². The normalized spacial score (nSPS) is 17.3. The smallest absolute Gasteiger partial charge is 0.409 e. The van der Waals surface area contributed by atoms with E-state index in [0.717, 1.165) is 50.5 Å². The molecule has 1 aromatic carbocycles. The van der Waals surface area contributed by atoms with Gasteiger partial charge in [0.25, 0.3) is 0 Å². The molecule has 1 fully saturated rings. The van der Waals surface area contributed by atoms with E-state index in [9.17, 15) is 4.79 Å². The quantitative estimate of drug-likeness (QED) is 0.609. The van der Waals surface area contributed by atoms with Gasteiger partial charge in [-0.05, 0) is 43.4 Å². The van der Waals surface area contributed by atoms with Crippen LogP contribution in [0, 0.1) is 0 Å². The van der Waals surface area contributed by atoms with E-state index in [1.165, 1.54) is 11.1 Å². The lowest BCUT2D eigenvalue weighted by Crippen LogP contribution is -2.50. The molecule has 7 nitrogen and oxygen atoms in total. The van der Waals surface area contributed by atoms with Crippen LogP contribution in [0.4, 0.5) is 4.79 Å². The molecule has 0 radical (unpaired) electrons. The summed E-state index contributed by atoms with van der Waals surface area (Å²) in [4.78, 5) is 17.9. The van der Waals surface area contributed by atoms with Crippen LogP contribution in [0.1, 0.15) is 30.9 Å². The lowest BCUT2D eigenvalue weighted by Gasteiger charge is -2.32. The molecule has 1 aromatic rings. The third-order valence-electron chi connectivity index (χ3n) is 5.05. The molecule has 0 aliphatic carbocycles. The predicted octanol–water partition coefficient (Wildman–Crippen LogP) is 1.95. The molecule has 0 bridgehead atoms. The molecule has 3 rings (SSSR count). The van der Waals surface area contributed by atoms with E-state index in [1.807, 2.05) is 6.92 Å². The van der Waals surface area contributed by atoms with Crippen molar-refractivity contribution < 1.29 is 14.3 Å². The van der Waals surface area contributed by atoms with E-state index in [1.54, 1.807) is 11.9 Å². The fourth-order valence-corrected chi connectivity index (χ4v) is 3.53. The number of benzene rings is 1. The van der Waals surface area contributed by atoms with Gasteiger partial charge in [-0.2, -0.15) is 0 Å². The zero-order chi connectivity index (χ0) is 19.1. The van der Waals surface area contributed by atoms with Crippen molar-refractivity contribution in [1.29, 1.82) is 0 Å². The summed E-state index contributed by atoms with van der Waals surface area (Å²) in [5.41, 5.74) is 2.62. The maximum atomic E-state index is 11.8. The van der Waals surface area contributed by atoms with Crippen molar-refractivity contribution in [2.24, 2.45) is 4.99 Å². The standard InChI is InChI=1S/C20H30N4O3/c1-3-26-20(25)24-11-7-17(8-12-24)23-19(21-2)22-10-6-15-4-5-18-16(14-15)9-13-27-18/h4-5,14,17H,3,6-13H2,1-2H3,(H2,21,22,23). The van der Waals surface area contributed by atoms with Gasteiger partial charge in [-0.25, -0.2) is 4.79 Å². The zero-order valence-electron chi connectivity index (χ0n) is 16.3. The number of carbonyl (C=O) groups excluding carboxylic acids is 1. The Labute approximate surface area is 161 Å². The van der Waals surface area contributed by atoms with Crippen LogP contribution in [-0.2, 0) is 17.6 Å². The monoisotopic (exact) mass is 374 g/mol. The highest BCUT2D eigenvalue weighted by molar-refractivity contribution is 5.80. The summed E-state index contributed by atoms with van der Waals surface area (Å²) in [6.45, 7) is 5.29. The fraction of sp³-hybridized carbons (Fsp3) is 0.600. The van der Waals surface area contributed by atoms with E-state index in [2.05, 4.69) is 33.8 Å². The molecule has 1 saturated heterocycles. The first kappa shape index (κ1) is 19.3. The second-order valence-corrected chi connectivity index (χ2v) is 6.89. The Hall–Kier alpha value is -2.44. The van der Waals surface area contributed by atoms with E-state index in [-0.39, 0.29) is 6.09 Å². The van der Waals surface area contributed by atoms with Gasteiger partial charge in [-0.3, -0.25) is 4.99 Å². The van der Waals surface area contributed by atoms with Crippen LogP contribution in [0.15, 0.2) is 23.2 Å². The van der Waals surface area contributed by atoms with Crippen LogP contribution in [0.5, 0.6) is 5.75 Å².